The Morgan fingerprint density at radius 2 is 2.24 bits per heavy atom. The van der Waals surface area contributed by atoms with E-state index in [2.05, 4.69) is 11.8 Å². The molecule has 7 heteroatoms. The number of carbonyl (C=O) groups is 1. The van der Waals surface area contributed by atoms with Crippen LogP contribution in [0.2, 0.25) is 0 Å². The summed E-state index contributed by atoms with van der Waals surface area (Å²) in [6, 6.07) is 5.00. The molecule has 0 spiro atoms. The predicted octanol–water partition coefficient (Wildman–Crippen LogP) is 3.22. The van der Waals surface area contributed by atoms with Gasteiger partial charge in [-0.25, -0.2) is 9.18 Å². The molecule has 2 fully saturated rings. The summed E-state index contributed by atoms with van der Waals surface area (Å²) in [4.78, 5) is 15.5. The highest BCUT2D eigenvalue weighted by atomic mass is 32.2. The number of rotatable bonds is 6. The van der Waals surface area contributed by atoms with Crippen molar-refractivity contribution in [2.75, 3.05) is 41.7 Å². The van der Waals surface area contributed by atoms with E-state index in [4.69, 9.17) is 10.5 Å². The highest BCUT2D eigenvalue weighted by Gasteiger charge is 2.32. The minimum atomic E-state index is -0.461. The number of hydrogen-bond donors (Lipinski definition) is 1. The van der Waals surface area contributed by atoms with E-state index >= 15 is 0 Å². The van der Waals surface area contributed by atoms with Gasteiger partial charge in [-0.05, 0) is 24.6 Å². The number of nitrogens with zero attached hydrogens (tertiary/aromatic N) is 2. The lowest BCUT2D eigenvalue weighted by atomic mass is 10.1. The first-order chi connectivity index (χ1) is 12.1. The molecule has 1 unspecified atom stereocenters. The van der Waals surface area contributed by atoms with Gasteiger partial charge in [0.2, 0.25) is 0 Å². The van der Waals surface area contributed by atoms with Crippen molar-refractivity contribution >= 4 is 29.2 Å². The Labute approximate surface area is 152 Å². The summed E-state index contributed by atoms with van der Waals surface area (Å²) in [5.41, 5.74) is 6.69. The summed E-state index contributed by atoms with van der Waals surface area (Å²) in [5.74, 6) is 0.731. The number of hydrogen-bond acceptors (Lipinski definition) is 5. The third-order valence-electron chi connectivity index (χ3n) is 4.74. The van der Waals surface area contributed by atoms with Crippen molar-refractivity contribution in [1.82, 2.24) is 0 Å². The number of nitrogens with two attached hydrogens (primary N) is 1. The average Bonchev–Trinajstić information content (AvgIpc) is 3.01. The second-order valence-electron chi connectivity index (χ2n) is 6.57. The van der Waals surface area contributed by atoms with Gasteiger partial charge in [0.15, 0.2) is 0 Å². The Balaban J connectivity index is 1.70. The fourth-order valence-corrected chi connectivity index (χ4v) is 4.60. The zero-order valence-corrected chi connectivity index (χ0v) is 15.4. The van der Waals surface area contributed by atoms with Crippen molar-refractivity contribution in [1.29, 1.82) is 0 Å². The van der Waals surface area contributed by atoms with E-state index in [0.29, 0.717) is 23.2 Å². The Morgan fingerprint density at radius 3 is 2.92 bits per heavy atom. The van der Waals surface area contributed by atoms with Gasteiger partial charge in [0.1, 0.15) is 11.9 Å². The molecule has 0 radical (unpaired) electrons. The zero-order valence-electron chi connectivity index (χ0n) is 14.6. The molecule has 2 saturated heterocycles. The van der Waals surface area contributed by atoms with Crippen LogP contribution in [-0.4, -0.2) is 49.4 Å². The molecule has 25 heavy (non-hydrogen) atoms. The second kappa shape index (κ2) is 8.27. The number of unbranched alkanes of at least 4 members (excludes halogenated alkanes) is 1. The summed E-state index contributed by atoms with van der Waals surface area (Å²) >= 11 is 1.99. The molecule has 2 heterocycles. The lowest BCUT2D eigenvalue weighted by molar-refractivity contribution is 0.145. The van der Waals surface area contributed by atoms with Gasteiger partial charge >= 0.3 is 6.09 Å². The number of benzene rings is 1. The molecule has 1 amide bonds. The summed E-state index contributed by atoms with van der Waals surface area (Å²) < 4.78 is 19.9. The van der Waals surface area contributed by atoms with Crippen LogP contribution in [0.3, 0.4) is 0 Å². The number of ether oxygens (including phenoxy) is 1. The van der Waals surface area contributed by atoms with E-state index in [9.17, 15) is 9.18 Å². The first-order valence-electron chi connectivity index (χ1n) is 8.96. The van der Waals surface area contributed by atoms with Crippen LogP contribution in [0, 0.1) is 5.82 Å². The topological polar surface area (TPSA) is 58.8 Å². The van der Waals surface area contributed by atoms with Crippen LogP contribution >= 0.6 is 11.8 Å². The Morgan fingerprint density at radius 1 is 1.40 bits per heavy atom. The largest absolute Gasteiger partial charge is 0.443 e. The molecule has 1 aromatic carbocycles. The highest BCUT2D eigenvalue weighted by molar-refractivity contribution is 8.00. The fraction of sp³-hybridized carbons (Fsp3) is 0.611. The molecule has 2 atom stereocenters. The number of halogens is 1. The number of amides is 1. The maximum absolute atomic E-state index is 14.7. The van der Waals surface area contributed by atoms with Crippen molar-refractivity contribution in [2.24, 2.45) is 5.73 Å². The Kier molecular flexibility index (Phi) is 6.06. The van der Waals surface area contributed by atoms with Gasteiger partial charge in [0.25, 0.3) is 0 Å². The first-order valence-corrected chi connectivity index (χ1v) is 10.0. The molecule has 138 valence electrons. The van der Waals surface area contributed by atoms with Gasteiger partial charge < -0.3 is 15.4 Å². The number of carbonyl (C=O) groups excluding carboxylic acids is 1. The Hall–Kier alpha value is -1.47. The quantitative estimate of drug-likeness (QED) is 0.837. The van der Waals surface area contributed by atoms with Crippen molar-refractivity contribution in [3.63, 3.8) is 0 Å². The molecule has 2 N–H and O–H groups in total. The minimum absolute atomic E-state index is 0.271. The highest BCUT2D eigenvalue weighted by Crippen LogP contribution is 2.31. The van der Waals surface area contributed by atoms with E-state index in [1.165, 1.54) is 30.2 Å². The van der Waals surface area contributed by atoms with E-state index in [1.807, 2.05) is 11.8 Å². The number of anilines is 2. The molecule has 2 aliphatic heterocycles. The smallest absolute Gasteiger partial charge is 0.414 e. The summed E-state index contributed by atoms with van der Waals surface area (Å²) in [6.45, 7) is 4.57. The van der Waals surface area contributed by atoms with Crippen LogP contribution in [-0.2, 0) is 4.74 Å². The maximum atomic E-state index is 14.7. The molecule has 0 bridgehead atoms. The second-order valence-corrected chi connectivity index (χ2v) is 7.98. The van der Waals surface area contributed by atoms with E-state index in [0.717, 1.165) is 18.8 Å². The molecule has 2 aliphatic rings. The third kappa shape index (κ3) is 4.20. The number of thioether (sulfide) groups is 1. The van der Waals surface area contributed by atoms with Crippen molar-refractivity contribution < 1.29 is 13.9 Å². The molecule has 5 nitrogen and oxygen atoms in total. The molecular formula is C18H26FN3O2S. The summed E-state index contributed by atoms with van der Waals surface area (Å²) in [6.07, 6.45) is 2.80. The molecule has 0 aromatic heterocycles. The van der Waals surface area contributed by atoms with Crippen LogP contribution in [0.5, 0.6) is 0 Å². The van der Waals surface area contributed by atoms with Gasteiger partial charge in [0.05, 0.1) is 17.9 Å². The normalized spacial score (nSPS) is 23.9. The van der Waals surface area contributed by atoms with Gasteiger partial charge in [0, 0.05) is 30.6 Å². The molecule has 3 rings (SSSR count). The minimum Gasteiger partial charge on any atom is -0.443 e. The molecule has 0 saturated carbocycles. The van der Waals surface area contributed by atoms with Crippen LogP contribution in [0.15, 0.2) is 18.2 Å². The summed E-state index contributed by atoms with van der Waals surface area (Å²) in [7, 11) is 0. The van der Waals surface area contributed by atoms with Crippen molar-refractivity contribution in [3.05, 3.63) is 24.0 Å². The summed E-state index contributed by atoms with van der Waals surface area (Å²) in [5, 5.41) is 0.562. The molecule has 0 aliphatic carbocycles. The standard InChI is InChI=1S/C18H26FN3O2S/c1-2-3-4-15-12-21(7-8-25-15)17-6-5-13(9-16(17)19)22-11-14(10-20)24-18(22)23/h5-6,9,14-15H,2-4,7-8,10-12,20H2,1H3/t14-,15?/m0/s1. The van der Waals surface area contributed by atoms with E-state index in [1.54, 1.807) is 12.1 Å². The molecular weight excluding hydrogens is 341 g/mol. The average molecular weight is 367 g/mol. The Bertz CT molecular complexity index is 616. The molecule has 1 aromatic rings. The SMILES string of the molecule is CCCCC1CN(c2ccc(N3C[C@H](CN)OC3=O)cc2F)CCS1. The van der Waals surface area contributed by atoms with Gasteiger partial charge in [-0.3, -0.25) is 4.90 Å². The van der Waals surface area contributed by atoms with Crippen molar-refractivity contribution in [2.45, 2.75) is 37.5 Å². The third-order valence-corrected chi connectivity index (χ3v) is 6.01. The van der Waals surface area contributed by atoms with Gasteiger partial charge in [-0.1, -0.05) is 19.8 Å². The van der Waals surface area contributed by atoms with E-state index in [-0.39, 0.29) is 18.5 Å². The lowest BCUT2D eigenvalue weighted by Gasteiger charge is -2.34. The zero-order chi connectivity index (χ0) is 17.8. The van der Waals surface area contributed by atoms with Gasteiger partial charge in [-0.2, -0.15) is 11.8 Å². The number of cyclic esters (lactones) is 1. The van der Waals surface area contributed by atoms with Crippen LogP contribution in [0.4, 0.5) is 20.6 Å². The predicted molar refractivity (Wildman–Crippen MR) is 101 cm³/mol. The lowest BCUT2D eigenvalue weighted by Crippen LogP contribution is -2.38. The fourth-order valence-electron chi connectivity index (χ4n) is 3.32. The first kappa shape index (κ1) is 18.3. The monoisotopic (exact) mass is 367 g/mol. The van der Waals surface area contributed by atoms with Crippen LogP contribution in [0.25, 0.3) is 0 Å². The van der Waals surface area contributed by atoms with Gasteiger partial charge in [-0.15, -0.1) is 0 Å². The van der Waals surface area contributed by atoms with Crippen LogP contribution < -0.4 is 15.5 Å². The maximum Gasteiger partial charge on any atom is 0.414 e. The van der Waals surface area contributed by atoms with Crippen LogP contribution in [0.1, 0.15) is 26.2 Å². The van der Waals surface area contributed by atoms with E-state index < -0.39 is 6.09 Å². The van der Waals surface area contributed by atoms with Crippen molar-refractivity contribution in [3.8, 4) is 0 Å².